The van der Waals surface area contributed by atoms with Crippen molar-refractivity contribution in [2.75, 3.05) is 17.5 Å². The van der Waals surface area contributed by atoms with Crippen molar-refractivity contribution in [1.82, 2.24) is 10.2 Å². The molecule has 230 valence electrons. The molecule has 1 fully saturated rings. The lowest BCUT2D eigenvalue weighted by Crippen LogP contribution is -2.53. The molecule has 2 amide bonds. The van der Waals surface area contributed by atoms with Gasteiger partial charge in [0.2, 0.25) is 11.8 Å². The first-order valence-electron chi connectivity index (χ1n) is 14.5. The van der Waals surface area contributed by atoms with Gasteiger partial charge in [0.25, 0.3) is 10.0 Å². The second-order valence-corrected chi connectivity index (χ2v) is 12.7. The van der Waals surface area contributed by atoms with Crippen molar-refractivity contribution in [3.05, 3.63) is 89.2 Å². The fourth-order valence-corrected chi connectivity index (χ4v) is 6.81. The summed E-state index contributed by atoms with van der Waals surface area (Å²) in [6.07, 6.45) is 4.09. The molecule has 8 nitrogen and oxygen atoms in total. The lowest BCUT2D eigenvalue weighted by molar-refractivity contribution is -0.140. The summed E-state index contributed by atoms with van der Waals surface area (Å²) >= 11 is 6.03. The number of ether oxygens (including phenoxy) is 1. The molecule has 3 aromatic rings. The summed E-state index contributed by atoms with van der Waals surface area (Å²) < 4.78 is 48.6. The van der Waals surface area contributed by atoms with E-state index in [1.54, 1.807) is 50.2 Å². The normalized spacial score (nSPS) is 14.2. The number of sulfonamides is 1. The minimum Gasteiger partial charge on any atom is -0.492 e. The van der Waals surface area contributed by atoms with E-state index in [0.29, 0.717) is 17.0 Å². The molecule has 1 aliphatic carbocycles. The molecule has 0 radical (unpaired) electrons. The second-order valence-electron chi connectivity index (χ2n) is 10.4. The summed E-state index contributed by atoms with van der Waals surface area (Å²) in [5.74, 6) is -1.04. The number of halogens is 2. The van der Waals surface area contributed by atoms with Crippen molar-refractivity contribution in [2.24, 2.45) is 0 Å². The Hall–Kier alpha value is -3.63. The van der Waals surface area contributed by atoms with Crippen molar-refractivity contribution in [1.29, 1.82) is 0 Å². The Bertz CT molecular complexity index is 1500. The molecule has 1 N–H and O–H groups in total. The van der Waals surface area contributed by atoms with Crippen molar-refractivity contribution >= 4 is 39.1 Å². The van der Waals surface area contributed by atoms with Gasteiger partial charge in [-0.15, -0.1) is 0 Å². The molecule has 0 spiro atoms. The van der Waals surface area contributed by atoms with E-state index >= 15 is 0 Å². The Morgan fingerprint density at radius 3 is 2.28 bits per heavy atom. The Labute approximate surface area is 257 Å². The number of nitrogens with zero attached hydrogens (tertiary/aromatic N) is 2. The Morgan fingerprint density at radius 1 is 1.00 bits per heavy atom. The van der Waals surface area contributed by atoms with Gasteiger partial charge in [0.1, 0.15) is 24.2 Å². The summed E-state index contributed by atoms with van der Waals surface area (Å²) in [5, 5.41) is 3.44. The van der Waals surface area contributed by atoms with Crippen LogP contribution in [0, 0.1) is 5.82 Å². The van der Waals surface area contributed by atoms with Crippen LogP contribution in [0.25, 0.3) is 0 Å². The first kappa shape index (κ1) is 32.3. The number of hydrogen-bond donors (Lipinski definition) is 1. The minimum absolute atomic E-state index is 0.0162. The summed E-state index contributed by atoms with van der Waals surface area (Å²) in [6.45, 7) is 3.23. The van der Waals surface area contributed by atoms with E-state index < -0.39 is 34.3 Å². The molecular formula is C32H37ClFN3O5S. The first-order chi connectivity index (χ1) is 20.6. The Kier molecular flexibility index (Phi) is 11.0. The van der Waals surface area contributed by atoms with Crippen LogP contribution in [0.2, 0.25) is 5.02 Å². The Balaban J connectivity index is 1.75. The number of carbonyl (C=O) groups excluding carboxylic acids is 2. The van der Waals surface area contributed by atoms with Gasteiger partial charge >= 0.3 is 0 Å². The molecule has 11 heteroatoms. The topological polar surface area (TPSA) is 96.0 Å². The van der Waals surface area contributed by atoms with Gasteiger partial charge < -0.3 is 15.0 Å². The van der Waals surface area contributed by atoms with Crippen molar-refractivity contribution < 1.29 is 27.1 Å². The second kappa shape index (κ2) is 14.7. The van der Waals surface area contributed by atoms with Gasteiger partial charge in [0.15, 0.2) is 0 Å². The molecule has 0 aliphatic heterocycles. The number of amides is 2. The number of rotatable bonds is 13. The molecule has 4 rings (SSSR count). The zero-order valence-corrected chi connectivity index (χ0v) is 25.9. The van der Waals surface area contributed by atoms with Gasteiger partial charge in [-0.1, -0.05) is 55.6 Å². The summed E-state index contributed by atoms with van der Waals surface area (Å²) in [4.78, 5) is 29.1. The molecule has 1 aliphatic rings. The zero-order valence-electron chi connectivity index (χ0n) is 24.3. The number of para-hydroxylation sites is 2. The van der Waals surface area contributed by atoms with Crippen LogP contribution in [0.5, 0.6) is 5.75 Å². The van der Waals surface area contributed by atoms with E-state index in [2.05, 4.69) is 5.32 Å². The van der Waals surface area contributed by atoms with Gasteiger partial charge in [-0.25, -0.2) is 12.8 Å². The molecule has 0 saturated heterocycles. The van der Waals surface area contributed by atoms with Gasteiger partial charge in [0.05, 0.1) is 17.2 Å². The average Bonchev–Trinajstić information content (AvgIpc) is 3.50. The SMILES string of the molecule is CCOc1ccccc1N(CC(=O)N(Cc1ccc(F)cc1)C(CC)C(=O)NC1CCCC1)S(=O)(=O)c1ccc(Cl)cc1. The number of carbonyl (C=O) groups is 2. The van der Waals surface area contributed by atoms with Crippen LogP contribution in [0.15, 0.2) is 77.7 Å². The fourth-order valence-electron chi connectivity index (χ4n) is 5.26. The van der Waals surface area contributed by atoms with Crippen LogP contribution in [0.3, 0.4) is 0 Å². The van der Waals surface area contributed by atoms with Crippen LogP contribution >= 0.6 is 11.6 Å². The summed E-state index contributed by atoms with van der Waals surface area (Å²) in [6, 6.07) is 17.1. The van der Waals surface area contributed by atoms with Crippen molar-refractivity contribution in [3.63, 3.8) is 0 Å². The highest BCUT2D eigenvalue weighted by Crippen LogP contribution is 2.33. The fraction of sp³-hybridized carbons (Fsp3) is 0.375. The predicted molar refractivity (Wildman–Crippen MR) is 165 cm³/mol. The maximum absolute atomic E-state index is 14.2. The number of anilines is 1. The quantitative estimate of drug-likeness (QED) is 0.253. The van der Waals surface area contributed by atoms with Crippen molar-refractivity contribution in [2.45, 2.75) is 69.5 Å². The number of nitrogens with one attached hydrogen (secondary N) is 1. The van der Waals surface area contributed by atoms with E-state index in [4.69, 9.17) is 16.3 Å². The van der Waals surface area contributed by atoms with Crippen LogP contribution in [0.4, 0.5) is 10.1 Å². The average molecular weight is 630 g/mol. The number of benzene rings is 3. The molecule has 0 bridgehead atoms. The van der Waals surface area contributed by atoms with E-state index in [0.717, 1.165) is 30.0 Å². The predicted octanol–water partition coefficient (Wildman–Crippen LogP) is 5.94. The highest BCUT2D eigenvalue weighted by Gasteiger charge is 2.35. The number of hydrogen-bond acceptors (Lipinski definition) is 5. The van der Waals surface area contributed by atoms with E-state index in [1.807, 2.05) is 0 Å². The van der Waals surface area contributed by atoms with Crippen LogP contribution in [-0.4, -0.2) is 50.4 Å². The van der Waals surface area contributed by atoms with Gasteiger partial charge in [-0.05, 0) is 80.3 Å². The van der Waals surface area contributed by atoms with Crippen LogP contribution in [0.1, 0.15) is 51.5 Å². The lowest BCUT2D eigenvalue weighted by atomic mass is 10.1. The maximum Gasteiger partial charge on any atom is 0.264 e. The van der Waals surface area contributed by atoms with E-state index in [-0.39, 0.29) is 41.4 Å². The monoisotopic (exact) mass is 629 g/mol. The highest BCUT2D eigenvalue weighted by molar-refractivity contribution is 7.92. The van der Waals surface area contributed by atoms with E-state index in [1.165, 1.54) is 41.3 Å². The van der Waals surface area contributed by atoms with Gasteiger partial charge in [0, 0.05) is 17.6 Å². The van der Waals surface area contributed by atoms with E-state index in [9.17, 15) is 22.4 Å². The molecular weight excluding hydrogens is 593 g/mol. The molecule has 0 aromatic heterocycles. The van der Waals surface area contributed by atoms with Gasteiger partial charge in [-0.2, -0.15) is 0 Å². The molecule has 43 heavy (non-hydrogen) atoms. The lowest BCUT2D eigenvalue weighted by Gasteiger charge is -2.34. The minimum atomic E-state index is -4.29. The third-order valence-corrected chi connectivity index (χ3v) is 9.49. The van der Waals surface area contributed by atoms with Gasteiger partial charge in [-0.3, -0.25) is 13.9 Å². The molecule has 0 heterocycles. The first-order valence-corrected chi connectivity index (χ1v) is 16.3. The largest absolute Gasteiger partial charge is 0.492 e. The Morgan fingerprint density at radius 2 is 1.65 bits per heavy atom. The smallest absolute Gasteiger partial charge is 0.264 e. The summed E-state index contributed by atoms with van der Waals surface area (Å²) in [7, 11) is -4.29. The molecule has 1 unspecified atom stereocenters. The van der Waals surface area contributed by atoms with Crippen LogP contribution < -0.4 is 14.4 Å². The third kappa shape index (κ3) is 8.06. The molecule has 1 atom stereocenters. The standard InChI is InChI=1S/C32H37ClFN3O5S/c1-3-28(32(39)35-26-9-5-6-10-26)36(21-23-13-17-25(34)18-14-23)31(38)22-37(29-11-7-8-12-30(29)42-4-2)43(40,41)27-19-15-24(33)16-20-27/h7-8,11-20,26,28H,3-6,9-10,21-22H2,1-2H3,(H,35,39). The molecule has 3 aromatic carbocycles. The zero-order chi connectivity index (χ0) is 31.0. The van der Waals surface area contributed by atoms with Crippen molar-refractivity contribution in [3.8, 4) is 5.75 Å². The van der Waals surface area contributed by atoms with Crippen LogP contribution in [-0.2, 0) is 26.2 Å². The molecule has 1 saturated carbocycles. The summed E-state index contributed by atoms with van der Waals surface area (Å²) in [5.41, 5.74) is 0.779. The maximum atomic E-state index is 14.2. The third-order valence-electron chi connectivity index (χ3n) is 7.47. The highest BCUT2D eigenvalue weighted by atomic mass is 35.5.